The van der Waals surface area contributed by atoms with Crippen LogP contribution in [0.4, 0.5) is 4.39 Å². The highest BCUT2D eigenvalue weighted by molar-refractivity contribution is 7.09. The summed E-state index contributed by atoms with van der Waals surface area (Å²) in [5.41, 5.74) is 0.871. The number of methoxy groups -OCH3 is 1. The van der Waals surface area contributed by atoms with E-state index in [4.69, 9.17) is 14.2 Å². The van der Waals surface area contributed by atoms with Gasteiger partial charge in [0.05, 0.1) is 12.5 Å². The number of ether oxygens (including phenoxy) is 3. The van der Waals surface area contributed by atoms with Crippen LogP contribution >= 0.6 is 11.3 Å². The van der Waals surface area contributed by atoms with Crippen LogP contribution in [-0.4, -0.2) is 37.7 Å². The molecule has 3 aromatic rings. The van der Waals surface area contributed by atoms with Crippen LogP contribution in [0.3, 0.4) is 0 Å². The lowest BCUT2D eigenvalue weighted by Gasteiger charge is -2.40. The summed E-state index contributed by atoms with van der Waals surface area (Å²) in [7, 11) is 1.61. The lowest BCUT2D eigenvalue weighted by atomic mass is 9.73. The van der Waals surface area contributed by atoms with E-state index in [1.54, 1.807) is 24.5 Å². The number of amides is 1. The van der Waals surface area contributed by atoms with Gasteiger partial charge in [-0.2, -0.15) is 0 Å². The van der Waals surface area contributed by atoms with E-state index in [0.717, 1.165) is 10.4 Å². The molecule has 0 saturated carbocycles. The Kier molecular flexibility index (Phi) is 7.85. The molecule has 0 atom stereocenters. The molecule has 0 radical (unpaired) electrons. The highest BCUT2D eigenvalue weighted by Gasteiger charge is 2.44. The zero-order valence-electron chi connectivity index (χ0n) is 19.6. The number of nitrogens with zero attached hydrogens (tertiary/aromatic N) is 1. The SMILES string of the molecule is CCN(Cc1ccc(OCc2cccs2)c(OC)c1)C(=O)C1(c2cccc(F)c2)CCOCC1. The average molecular weight is 484 g/mol. The molecule has 1 amide bonds. The predicted molar refractivity (Wildman–Crippen MR) is 131 cm³/mol. The van der Waals surface area contributed by atoms with Gasteiger partial charge < -0.3 is 19.1 Å². The van der Waals surface area contributed by atoms with Gasteiger partial charge in [-0.05, 0) is 66.6 Å². The minimum absolute atomic E-state index is 0.000823. The Labute approximate surface area is 204 Å². The molecule has 0 aliphatic carbocycles. The van der Waals surface area contributed by atoms with Gasteiger partial charge in [0.1, 0.15) is 12.4 Å². The molecule has 1 aromatic heterocycles. The smallest absolute Gasteiger partial charge is 0.233 e. The Hall–Kier alpha value is -2.90. The molecule has 0 spiro atoms. The number of benzene rings is 2. The Morgan fingerprint density at radius 3 is 2.62 bits per heavy atom. The summed E-state index contributed by atoms with van der Waals surface area (Å²) in [4.78, 5) is 16.9. The highest BCUT2D eigenvalue weighted by atomic mass is 32.1. The van der Waals surface area contributed by atoms with E-state index in [1.165, 1.54) is 12.1 Å². The van der Waals surface area contributed by atoms with Gasteiger partial charge in [-0.1, -0.05) is 24.3 Å². The van der Waals surface area contributed by atoms with Crippen LogP contribution in [0.1, 0.15) is 35.8 Å². The number of likely N-dealkylation sites (N-methyl/N-ethyl adjacent to an activating group) is 1. The third-order valence-electron chi connectivity index (χ3n) is 6.35. The largest absolute Gasteiger partial charge is 0.493 e. The van der Waals surface area contributed by atoms with Crippen LogP contribution in [0.25, 0.3) is 0 Å². The number of hydrogen-bond donors (Lipinski definition) is 0. The Morgan fingerprint density at radius 1 is 1.12 bits per heavy atom. The van der Waals surface area contributed by atoms with Gasteiger partial charge in [0, 0.05) is 31.2 Å². The molecule has 0 bridgehead atoms. The lowest BCUT2D eigenvalue weighted by Crippen LogP contribution is -2.49. The molecule has 4 rings (SSSR count). The van der Waals surface area contributed by atoms with E-state index in [0.29, 0.717) is 62.8 Å². The van der Waals surface area contributed by atoms with Gasteiger partial charge in [-0.3, -0.25) is 4.79 Å². The van der Waals surface area contributed by atoms with Crippen LogP contribution in [0.15, 0.2) is 60.0 Å². The number of hydrogen-bond acceptors (Lipinski definition) is 5. The van der Waals surface area contributed by atoms with Gasteiger partial charge in [-0.15, -0.1) is 11.3 Å². The number of rotatable bonds is 9. The van der Waals surface area contributed by atoms with Crippen molar-refractivity contribution in [1.29, 1.82) is 0 Å². The van der Waals surface area contributed by atoms with E-state index in [-0.39, 0.29) is 11.7 Å². The first-order valence-electron chi connectivity index (χ1n) is 11.5. The number of halogens is 1. The summed E-state index contributed by atoms with van der Waals surface area (Å²) in [5, 5.41) is 2.02. The fraction of sp³-hybridized carbons (Fsp3) is 0.370. The van der Waals surface area contributed by atoms with Crippen LogP contribution in [0, 0.1) is 5.82 Å². The Balaban J connectivity index is 1.54. The van der Waals surface area contributed by atoms with E-state index in [9.17, 15) is 9.18 Å². The summed E-state index contributed by atoms with van der Waals surface area (Å²) in [6.45, 7) is 4.36. The lowest BCUT2D eigenvalue weighted by molar-refractivity contribution is -0.141. The van der Waals surface area contributed by atoms with Gasteiger partial charge in [0.25, 0.3) is 0 Å². The van der Waals surface area contributed by atoms with Crippen molar-refractivity contribution in [2.24, 2.45) is 0 Å². The molecule has 1 fully saturated rings. The second-order valence-electron chi connectivity index (χ2n) is 8.38. The van der Waals surface area contributed by atoms with Crippen LogP contribution in [-0.2, 0) is 28.1 Å². The maximum Gasteiger partial charge on any atom is 0.233 e. The second kappa shape index (κ2) is 11.0. The molecule has 7 heteroatoms. The average Bonchev–Trinajstić information content (AvgIpc) is 3.40. The van der Waals surface area contributed by atoms with Crippen molar-refractivity contribution < 1.29 is 23.4 Å². The van der Waals surface area contributed by atoms with Crippen molar-refractivity contribution in [3.05, 3.63) is 81.8 Å². The molecular weight excluding hydrogens is 453 g/mol. The molecule has 34 heavy (non-hydrogen) atoms. The fourth-order valence-corrected chi connectivity index (χ4v) is 5.07. The first-order chi connectivity index (χ1) is 16.6. The first-order valence-corrected chi connectivity index (χ1v) is 12.4. The van der Waals surface area contributed by atoms with Crippen LogP contribution < -0.4 is 9.47 Å². The zero-order chi connectivity index (χ0) is 24.0. The fourth-order valence-electron chi connectivity index (χ4n) is 4.46. The molecule has 0 N–H and O–H groups in total. The molecule has 1 saturated heterocycles. The van der Waals surface area contributed by atoms with Crippen molar-refractivity contribution in [3.63, 3.8) is 0 Å². The van der Waals surface area contributed by atoms with Gasteiger partial charge in [-0.25, -0.2) is 4.39 Å². The van der Waals surface area contributed by atoms with Crippen LogP contribution in [0.2, 0.25) is 0 Å². The van der Waals surface area contributed by atoms with E-state index >= 15 is 0 Å². The van der Waals surface area contributed by atoms with Crippen molar-refractivity contribution in [2.75, 3.05) is 26.9 Å². The predicted octanol–water partition coefficient (Wildman–Crippen LogP) is 5.57. The maximum absolute atomic E-state index is 14.1. The topological polar surface area (TPSA) is 48.0 Å². The maximum atomic E-state index is 14.1. The van der Waals surface area contributed by atoms with E-state index in [2.05, 4.69) is 0 Å². The normalized spacial score (nSPS) is 15.0. The molecule has 1 aliphatic rings. The summed E-state index contributed by atoms with van der Waals surface area (Å²) in [6, 6.07) is 16.2. The van der Waals surface area contributed by atoms with E-state index in [1.807, 2.05) is 53.6 Å². The second-order valence-corrected chi connectivity index (χ2v) is 9.41. The quantitative estimate of drug-likeness (QED) is 0.399. The third-order valence-corrected chi connectivity index (χ3v) is 7.20. The number of thiophene rings is 1. The van der Waals surface area contributed by atoms with Crippen molar-refractivity contribution in [2.45, 2.75) is 38.3 Å². The molecule has 180 valence electrons. The molecule has 5 nitrogen and oxygen atoms in total. The zero-order valence-corrected chi connectivity index (χ0v) is 20.4. The minimum atomic E-state index is -0.787. The van der Waals surface area contributed by atoms with Crippen molar-refractivity contribution in [3.8, 4) is 11.5 Å². The van der Waals surface area contributed by atoms with Gasteiger partial charge in [0.2, 0.25) is 5.91 Å². The molecule has 0 unspecified atom stereocenters. The third kappa shape index (κ3) is 5.26. The first kappa shape index (κ1) is 24.2. The number of carbonyl (C=O) groups is 1. The highest BCUT2D eigenvalue weighted by Crippen LogP contribution is 2.38. The van der Waals surface area contributed by atoms with Crippen molar-refractivity contribution >= 4 is 17.2 Å². The van der Waals surface area contributed by atoms with E-state index < -0.39 is 5.41 Å². The summed E-state index contributed by atoms with van der Waals surface area (Å²) < 4.78 is 31.1. The molecule has 2 aromatic carbocycles. The Bertz CT molecular complexity index is 1100. The van der Waals surface area contributed by atoms with Gasteiger partial charge >= 0.3 is 0 Å². The minimum Gasteiger partial charge on any atom is -0.493 e. The van der Waals surface area contributed by atoms with Gasteiger partial charge in [0.15, 0.2) is 11.5 Å². The monoisotopic (exact) mass is 483 g/mol. The summed E-state index contributed by atoms with van der Waals surface area (Å²) in [5.74, 6) is 0.959. The molecule has 2 heterocycles. The van der Waals surface area contributed by atoms with Crippen LogP contribution in [0.5, 0.6) is 11.5 Å². The summed E-state index contributed by atoms with van der Waals surface area (Å²) >= 11 is 1.64. The molecular formula is C27H30FNO4S. The molecule has 1 aliphatic heterocycles. The van der Waals surface area contributed by atoms with Crippen molar-refractivity contribution in [1.82, 2.24) is 4.90 Å². The number of carbonyl (C=O) groups excluding carboxylic acids is 1. The standard InChI is InChI=1S/C27H30FNO4S/c1-3-29(26(30)27(11-13-32-14-12-27)21-6-4-7-22(28)17-21)18-20-9-10-24(25(16-20)31-2)33-19-23-8-5-15-34-23/h4-10,15-17H,3,11-14,18-19H2,1-2H3. The Morgan fingerprint density at radius 2 is 1.94 bits per heavy atom. The summed E-state index contributed by atoms with van der Waals surface area (Å²) in [6.07, 6.45) is 1.06.